The molecule has 0 aromatic heterocycles. The molecule has 0 radical (unpaired) electrons. The summed E-state index contributed by atoms with van der Waals surface area (Å²) in [5, 5.41) is 0. The summed E-state index contributed by atoms with van der Waals surface area (Å²) in [7, 11) is 1.07. The number of nitrogens with zero attached hydrogens (tertiary/aromatic N) is 1. The third kappa shape index (κ3) is 36.5. The number of quaternary nitrogens is 1. The second-order valence-corrected chi connectivity index (χ2v) is 17.1. The summed E-state index contributed by atoms with van der Waals surface area (Å²) >= 11 is 0. The van der Waals surface area contributed by atoms with Gasteiger partial charge in [0.05, 0.1) is 40.0 Å². The van der Waals surface area contributed by atoms with Crippen LogP contribution < -0.4 is 4.89 Å². The highest BCUT2D eigenvalue weighted by Crippen LogP contribution is 2.38. The van der Waals surface area contributed by atoms with E-state index in [2.05, 4.69) is 98.9 Å². The highest BCUT2D eigenvalue weighted by Gasteiger charge is 2.36. The third-order valence-electron chi connectivity index (χ3n) is 8.99. The Hall–Kier alpha value is -3.11. The van der Waals surface area contributed by atoms with Gasteiger partial charge >= 0.3 is 11.9 Å². The molecule has 1 heterocycles. The summed E-state index contributed by atoms with van der Waals surface area (Å²) in [4.78, 5) is 37.6. The quantitative estimate of drug-likeness (QED) is 0.0150. The number of carbonyl (C=O) groups is 2. The van der Waals surface area contributed by atoms with Gasteiger partial charge in [-0.1, -0.05) is 124 Å². The molecular weight excluding hydrogens is 765 g/mol. The van der Waals surface area contributed by atoms with Gasteiger partial charge in [-0.15, -0.1) is 0 Å². The maximum atomic E-state index is 12.7. The van der Waals surface area contributed by atoms with Crippen molar-refractivity contribution in [2.24, 2.45) is 0 Å². The van der Waals surface area contributed by atoms with Crippen molar-refractivity contribution >= 4 is 19.8 Å². The number of hydrogen-bond donors (Lipinski definition) is 0. The van der Waals surface area contributed by atoms with Crippen LogP contribution in [-0.2, 0) is 37.4 Å². The number of esters is 2. The first-order chi connectivity index (χ1) is 28.5. The van der Waals surface area contributed by atoms with E-state index in [4.69, 9.17) is 23.3 Å². The molecule has 3 unspecified atom stereocenters. The first-order valence-electron chi connectivity index (χ1n) is 22.1. The summed E-state index contributed by atoms with van der Waals surface area (Å²) in [6.07, 6.45) is 49.0. The number of unbranched alkanes of at least 4 members (excludes halogenated alkanes) is 5. The van der Waals surface area contributed by atoms with Gasteiger partial charge in [-0.3, -0.25) is 14.2 Å². The monoisotopic (exact) mass is 844 g/mol. The lowest BCUT2D eigenvalue weighted by Gasteiger charge is -2.28. The van der Waals surface area contributed by atoms with E-state index in [0.29, 0.717) is 36.7 Å². The fraction of sp³-hybridized carbons (Fsp3) is 0.625. The van der Waals surface area contributed by atoms with Crippen molar-refractivity contribution in [3.63, 3.8) is 0 Å². The Morgan fingerprint density at radius 2 is 1.10 bits per heavy atom. The van der Waals surface area contributed by atoms with Crippen LogP contribution in [0, 0.1) is 0 Å². The van der Waals surface area contributed by atoms with Crippen molar-refractivity contribution in [3.8, 4) is 0 Å². The van der Waals surface area contributed by atoms with Gasteiger partial charge in [0, 0.05) is 12.8 Å². The zero-order chi connectivity index (χ0) is 43.3. The van der Waals surface area contributed by atoms with Crippen LogP contribution >= 0.6 is 7.82 Å². The van der Waals surface area contributed by atoms with Crippen molar-refractivity contribution < 1.29 is 46.8 Å². The van der Waals surface area contributed by atoms with E-state index in [-0.39, 0.29) is 38.3 Å². The van der Waals surface area contributed by atoms with Crippen LogP contribution in [0.1, 0.15) is 129 Å². The summed E-state index contributed by atoms with van der Waals surface area (Å²) in [5.74, 6) is -0.988. The number of epoxide rings is 1. The van der Waals surface area contributed by atoms with Crippen LogP contribution in [0.3, 0.4) is 0 Å². The highest BCUT2D eigenvalue weighted by atomic mass is 31.2. The Morgan fingerprint density at radius 1 is 0.627 bits per heavy atom. The van der Waals surface area contributed by atoms with Gasteiger partial charge < -0.3 is 32.6 Å². The number of likely N-dealkylation sites (N-methyl/N-ethyl adjacent to an activating group) is 1. The molecule has 0 aromatic rings. The zero-order valence-electron chi connectivity index (χ0n) is 37.1. The average Bonchev–Trinajstić information content (AvgIpc) is 3.94. The predicted octanol–water partition coefficient (Wildman–Crippen LogP) is 10.9. The SMILES string of the molecule is CC/C=C\C/C=C\C/C=C\C/C=C\C/C=C\CCCC(=O)OC[C@H](COP(=O)([O-])OCC[N+](C)(C)C)OC(=O)CCC/C=C\CC1OC1C/C=C\C/C=C\CCCCC. The molecule has 0 bridgehead atoms. The average molecular weight is 844 g/mol. The fourth-order valence-corrected chi connectivity index (χ4v) is 6.16. The van der Waals surface area contributed by atoms with Gasteiger partial charge in [-0.25, -0.2) is 0 Å². The second kappa shape index (κ2) is 35.6. The lowest BCUT2D eigenvalue weighted by Crippen LogP contribution is -2.37. The molecule has 0 aliphatic carbocycles. The predicted molar refractivity (Wildman–Crippen MR) is 239 cm³/mol. The molecule has 59 heavy (non-hydrogen) atoms. The maximum Gasteiger partial charge on any atom is 0.306 e. The molecule has 1 aliphatic heterocycles. The van der Waals surface area contributed by atoms with E-state index < -0.39 is 32.5 Å². The number of rotatable bonds is 37. The molecule has 10 nitrogen and oxygen atoms in total. The molecule has 1 saturated heterocycles. The van der Waals surface area contributed by atoms with Gasteiger partial charge in [0.25, 0.3) is 7.82 Å². The fourth-order valence-electron chi connectivity index (χ4n) is 5.43. The minimum Gasteiger partial charge on any atom is -0.756 e. The Kier molecular flexibility index (Phi) is 32.6. The molecule has 11 heteroatoms. The first kappa shape index (κ1) is 53.9. The van der Waals surface area contributed by atoms with Crippen LogP contribution in [-0.4, -0.2) is 82.2 Å². The van der Waals surface area contributed by atoms with Crippen molar-refractivity contribution in [1.82, 2.24) is 0 Å². The largest absolute Gasteiger partial charge is 0.756 e. The minimum atomic E-state index is -4.67. The highest BCUT2D eigenvalue weighted by molar-refractivity contribution is 7.45. The Morgan fingerprint density at radius 3 is 1.64 bits per heavy atom. The van der Waals surface area contributed by atoms with Crippen LogP contribution in [0.15, 0.2) is 97.2 Å². The molecule has 1 fully saturated rings. The molecular formula is C48H78NO9P. The standard InChI is InChI=1S/C48H78NO9P/c1-6-8-10-12-14-16-17-18-19-20-21-22-23-25-27-29-34-38-47(50)54-42-44(43-56-59(52,53)55-41-40-49(3,4)5)57-48(51)39-35-31-30-33-37-46-45(58-46)36-32-28-26-24-15-13-11-9-7-2/h8,10,14-16,18-19,21-22,24-25,27-28,30,32-33,44-46H,6-7,9,11-13,17,20,23,26,29,31,34-43H2,1-5H3/b10-8-,16-14-,19-18-,22-21-,24-15-,27-25-,32-28-,33-30-/t44-,45?,46?/m1/s1. The molecule has 0 aromatic carbocycles. The van der Waals surface area contributed by atoms with Gasteiger partial charge in [0.1, 0.15) is 19.8 Å². The minimum absolute atomic E-state index is 0.0587. The number of phosphoric acid groups is 1. The molecule has 0 N–H and O–H groups in total. The van der Waals surface area contributed by atoms with Gasteiger partial charge in [-0.2, -0.15) is 0 Å². The van der Waals surface area contributed by atoms with Crippen LogP contribution in [0.5, 0.6) is 0 Å². The maximum absolute atomic E-state index is 12.7. The molecule has 0 amide bonds. The number of allylic oxidation sites excluding steroid dienone is 14. The topological polar surface area (TPSA) is 124 Å². The van der Waals surface area contributed by atoms with E-state index >= 15 is 0 Å². The van der Waals surface area contributed by atoms with Crippen LogP contribution in [0.2, 0.25) is 0 Å². The van der Waals surface area contributed by atoms with Gasteiger partial charge in [-0.05, 0) is 89.9 Å². The number of carbonyl (C=O) groups excluding carboxylic acids is 2. The summed E-state index contributed by atoms with van der Waals surface area (Å²) < 4.78 is 39.6. The van der Waals surface area contributed by atoms with Crippen molar-refractivity contribution in [1.29, 1.82) is 0 Å². The van der Waals surface area contributed by atoms with E-state index in [1.165, 1.54) is 19.3 Å². The lowest BCUT2D eigenvalue weighted by atomic mass is 10.1. The van der Waals surface area contributed by atoms with Crippen molar-refractivity contribution in [2.45, 2.75) is 148 Å². The molecule has 0 spiro atoms. The van der Waals surface area contributed by atoms with E-state index in [1.807, 2.05) is 33.3 Å². The van der Waals surface area contributed by atoms with Gasteiger partial charge in [0.15, 0.2) is 6.10 Å². The Bertz CT molecular complexity index is 1390. The number of ether oxygens (including phenoxy) is 3. The third-order valence-corrected chi connectivity index (χ3v) is 9.95. The van der Waals surface area contributed by atoms with Crippen LogP contribution in [0.4, 0.5) is 0 Å². The summed E-state index contributed by atoms with van der Waals surface area (Å²) in [5.41, 5.74) is 0. The van der Waals surface area contributed by atoms with E-state index in [1.54, 1.807) is 0 Å². The lowest BCUT2D eigenvalue weighted by molar-refractivity contribution is -0.870. The van der Waals surface area contributed by atoms with Gasteiger partial charge in [0.2, 0.25) is 0 Å². The molecule has 334 valence electrons. The second-order valence-electron chi connectivity index (χ2n) is 15.7. The molecule has 0 saturated carbocycles. The van der Waals surface area contributed by atoms with Crippen LogP contribution in [0.25, 0.3) is 0 Å². The normalized spacial score (nSPS) is 17.9. The van der Waals surface area contributed by atoms with E-state index in [0.717, 1.165) is 57.8 Å². The van der Waals surface area contributed by atoms with E-state index in [9.17, 15) is 19.0 Å². The smallest absolute Gasteiger partial charge is 0.306 e. The Balaban J connectivity index is 2.39. The molecule has 1 aliphatic rings. The van der Waals surface area contributed by atoms with Crippen molar-refractivity contribution in [3.05, 3.63) is 97.2 Å². The summed E-state index contributed by atoms with van der Waals surface area (Å²) in [6.45, 7) is 3.90. The molecule has 4 atom stereocenters. The summed E-state index contributed by atoms with van der Waals surface area (Å²) in [6, 6.07) is 0. The number of phosphoric ester groups is 1. The zero-order valence-corrected chi connectivity index (χ0v) is 38.0. The molecule has 1 rings (SSSR count). The Labute approximate surface area is 358 Å². The first-order valence-corrected chi connectivity index (χ1v) is 23.5. The van der Waals surface area contributed by atoms with Crippen molar-refractivity contribution in [2.75, 3.05) is 47.5 Å². The number of hydrogen-bond acceptors (Lipinski definition) is 9.